The van der Waals surface area contributed by atoms with Gasteiger partial charge in [-0.2, -0.15) is 11.8 Å². The number of benzene rings is 1. The molecular weight excluding hydrogens is 280 g/mol. The fourth-order valence-electron chi connectivity index (χ4n) is 1.58. The van der Waals surface area contributed by atoms with Crippen molar-refractivity contribution in [2.45, 2.75) is 24.5 Å². The molecule has 0 aliphatic heterocycles. The first-order valence-corrected chi connectivity index (χ1v) is 7.30. The van der Waals surface area contributed by atoms with Crippen LogP contribution in [0.15, 0.2) is 30.3 Å². The van der Waals surface area contributed by atoms with E-state index in [1.165, 1.54) is 0 Å². The van der Waals surface area contributed by atoms with Crippen LogP contribution in [0.1, 0.15) is 25.3 Å². The van der Waals surface area contributed by atoms with Crippen molar-refractivity contribution in [1.82, 2.24) is 5.32 Å². The monoisotopic (exact) mass is 302 g/mol. The molecular formula is C14H23ClN2OS. The van der Waals surface area contributed by atoms with Crippen molar-refractivity contribution in [2.24, 2.45) is 5.73 Å². The first kappa shape index (κ1) is 18.3. The highest BCUT2D eigenvalue weighted by Gasteiger charge is 2.22. The number of amides is 1. The van der Waals surface area contributed by atoms with Crippen molar-refractivity contribution in [3.05, 3.63) is 35.9 Å². The Bertz CT molecular complexity index is 384. The van der Waals surface area contributed by atoms with E-state index in [0.29, 0.717) is 13.1 Å². The van der Waals surface area contributed by atoms with Crippen molar-refractivity contribution in [3.63, 3.8) is 0 Å². The Labute approximate surface area is 126 Å². The maximum Gasteiger partial charge on any atom is 0.228 e. The molecule has 19 heavy (non-hydrogen) atoms. The van der Waals surface area contributed by atoms with Crippen LogP contribution in [0.5, 0.6) is 0 Å². The van der Waals surface area contributed by atoms with Crippen LogP contribution in [-0.2, 0) is 4.79 Å². The number of nitrogens with two attached hydrogens (primary N) is 1. The van der Waals surface area contributed by atoms with E-state index >= 15 is 0 Å². The molecule has 1 atom stereocenters. The van der Waals surface area contributed by atoms with Gasteiger partial charge in [0.15, 0.2) is 0 Å². The van der Waals surface area contributed by atoms with Gasteiger partial charge in [-0.1, -0.05) is 30.3 Å². The summed E-state index contributed by atoms with van der Waals surface area (Å²) in [6.45, 7) is 5.20. The molecule has 0 aliphatic carbocycles. The predicted octanol–water partition coefficient (Wildman–Crippen LogP) is 2.41. The molecule has 1 unspecified atom stereocenters. The van der Waals surface area contributed by atoms with Crippen molar-refractivity contribution >= 4 is 30.1 Å². The zero-order valence-electron chi connectivity index (χ0n) is 11.7. The number of carbonyl (C=O) groups excluding carboxylic acids is 1. The van der Waals surface area contributed by atoms with Crippen molar-refractivity contribution in [2.75, 3.05) is 19.3 Å². The lowest BCUT2D eigenvalue weighted by Gasteiger charge is -2.24. The molecule has 0 aliphatic rings. The summed E-state index contributed by atoms with van der Waals surface area (Å²) < 4.78 is 0.0471. The number of rotatable bonds is 6. The third-order valence-electron chi connectivity index (χ3n) is 3.00. The molecule has 1 amide bonds. The van der Waals surface area contributed by atoms with Gasteiger partial charge < -0.3 is 11.1 Å². The Morgan fingerprint density at radius 2 is 1.95 bits per heavy atom. The van der Waals surface area contributed by atoms with Crippen LogP contribution in [-0.4, -0.2) is 30.0 Å². The van der Waals surface area contributed by atoms with Gasteiger partial charge in [0.1, 0.15) is 0 Å². The van der Waals surface area contributed by atoms with Gasteiger partial charge in [0.2, 0.25) is 5.91 Å². The summed E-state index contributed by atoms with van der Waals surface area (Å²) >= 11 is 1.74. The Hall–Kier alpha value is -0.710. The number of carbonyl (C=O) groups is 1. The minimum absolute atomic E-state index is 0. The highest BCUT2D eigenvalue weighted by Crippen LogP contribution is 2.20. The van der Waals surface area contributed by atoms with Crippen molar-refractivity contribution in [1.29, 1.82) is 0 Å². The molecule has 0 saturated carbocycles. The van der Waals surface area contributed by atoms with Gasteiger partial charge in [-0.05, 0) is 25.7 Å². The third-order valence-corrected chi connectivity index (χ3v) is 4.24. The molecule has 5 heteroatoms. The highest BCUT2D eigenvalue weighted by molar-refractivity contribution is 7.99. The topological polar surface area (TPSA) is 55.1 Å². The van der Waals surface area contributed by atoms with Gasteiger partial charge in [-0.15, -0.1) is 12.4 Å². The average molecular weight is 303 g/mol. The van der Waals surface area contributed by atoms with Crippen LogP contribution in [0, 0.1) is 0 Å². The molecule has 0 saturated heterocycles. The number of hydrogen-bond acceptors (Lipinski definition) is 3. The summed E-state index contributed by atoms with van der Waals surface area (Å²) in [6, 6.07) is 9.67. The van der Waals surface area contributed by atoms with Crippen LogP contribution in [0.2, 0.25) is 0 Å². The molecule has 1 rings (SSSR count). The van der Waals surface area contributed by atoms with Gasteiger partial charge in [0, 0.05) is 17.8 Å². The van der Waals surface area contributed by atoms with E-state index in [9.17, 15) is 4.79 Å². The Morgan fingerprint density at radius 3 is 2.42 bits per heavy atom. The van der Waals surface area contributed by atoms with E-state index < -0.39 is 0 Å². The molecule has 1 aromatic rings. The summed E-state index contributed by atoms with van der Waals surface area (Å²) in [5.74, 6) is -0.255. The van der Waals surface area contributed by atoms with E-state index in [2.05, 4.69) is 19.2 Å². The number of nitrogens with one attached hydrogen (secondary N) is 1. The molecule has 0 spiro atoms. The van der Waals surface area contributed by atoms with Gasteiger partial charge in [0.05, 0.1) is 5.92 Å². The van der Waals surface area contributed by atoms with Crippen molar-refractivity contribution < 1.29 is 4.79 Å². The van der Waals surface area contributed by atoms with E-state index in [0.717, 1.165) is 5.56 Å². The van der Waals surface area contributed by atoms with Crippen LogP contribution in [0.25, 0.3) is 0 Å². The maximum atomic E-state index is 12.1. The SMILES string of the molecule is CSC(C)(C)CNC(=O)C(CN)c1ccccc1.Cl. The Morgan fingerprint density at radius 1 is 1.37 bits per heavy atom. The average Bonchev–Trinajstić information content (AvgIpc) is 2.39. The molecule has 0 fully saturated rings. The molecule has 1 aromatic carbocycles. The van der Waals surface area contributed by atoms with Gasteiger partial charge in [-0.3, -0.25) is 4.79 Å². The molecule has 0 heterocycles. The van der Waals surface area contributed by atoms with E-state index in [4.69, 9.17) is 5.73 Å². The summed E-state index contributed by atoms with van der Waals surface area (Å²) in [5.41, 5.74) is 6.68. The molecule has 0 radical (unpaired) electrons. The van der Waals surface area contributed by atoms with Gasteiger partial charge >= 0.3 is 0 Å². The Balaban J connectivity index is 0.00000324. The smallest absolute Gasteiger partial charge is 0.228 e. The van der Waals surface area contributed by atoms with Gasteiger partial charge in [0.25, 0.3) is 0 Å². The molecule has 108 valence electrons. The quantitative estimate of drug-likeness (QED) is 0.848. The lowest BCUT2D eigenvalue weighted by molar-refractivity contribution is -0.122. The van der Waals surface area contributed by atoms with E-state index in [-0.39, 0.29) is 29.0 Å². The van der Waals surface area contributed by atoms with Crippen LogP contribution < -0.4 is 11.1 Å². The first-order valence-electron chi connectivity index (χ1n) is 6.08. The second kappa shape index (κ2) is 8.46. The summed E-state index contributed by atoms with van der Waals surface area (Å²) in [6.07, 6.45) is 2.05. The van der Waals surface area contributed by atoms with Crippen LogP contribution >= 0.6 is 24.2 Å². The second-order valence-electron chi connectivity index (χ2n) is 4.88. The maximum absolute atomic E-state index is 12.1. The largest absolute Gasteiger partial charge is 0.354 e. The van der Waals surface area contributed by atoms with E-state index in [1.807, 2.05) is 36.6 Å². The lowest BCUT2D eigenvalue weighted by atomic mass is 9.98. The standard InChI is InChI=1S/C14H22N2OS.ClH/c1-14(2,18-3)10-16-13(17)12(9-15)11-7-5-4-6-8-11;/h4-8,12H,9-10,15H2,1-3H3,(H,16,17);1H. The van der Waals surface area contributed by atoms with Gasteiger partial charge in [-0.25, -0.2) is 0 Å². The predicted molar refractivity (Wildman–Crippen MR) is 86.1 cm³/mol. The summed E-state index contributed by atoms with van der Waals surface area (Å²) in [4.78, 5) is 12.1. The summed E-state index contributed by atoms with van der Waals surface area (Å²) in [5, 5.41) is 2.98. The Kier molecular flexibility index (Phi) is 8.14. The van der Waals surface area contributed by atoms with E-state index in [1.54, 1.807) is 11.8 Å². The zero-order chi connectivity index (χ0) is 13.6. The molecule has 0 aromatic heterocycles. The molecule has 3 N–H and O–H groups in total. The minimum Gasteiger partial charge on any atom is -0.354 e. The molecule has 3 nitrogen and oxygen atoms in total. The number of hydrogen-bond donors (Lipinski definition) is 2. The number of thioether (sulfide) groups is 1. The third kappa shape index (κ3) is 5.85. The van der Waals surface area contributed by atoms with Crippen LogP contribution in [0.4, 0.5) is 0 Å². The molecule has 0 bridgehead atoms. The zero-order valence-corrected chi connectivity index (χ0v) is 13.3. The number of halogens is 1. The summed E-state index contributed by atoms with van der Waals surface area (Å²) in [7, 11) is 0. The first-order chi connectivity index (χ1) is 8.50. The highest BCUT2D eigenvalue weighted by atomic mass is 35.5. The van der Waals surface area contributed by atoms with Crippen molar-refractivity contribution in [3.8, 4) is 0 Å². The fourth-order valence-corrected chi connectivity index (χ4v) is 1.79. The minimum atomic E-state index is -0.260. The normalized spacial score (nSPS) is 12.4. The lowest BCUT2D eigenvalue weighted by Crippen LogP contribution is -2.40. The second-order valence-corrected chi connectivity index (χ2v) is 6.39. The van der Waals surface area contributed by atoms with Crippen LogP contribution in [0.3, 0.4) is 0 Å². The fraction of sp³-hybridized carbons (Fsp3) is 0.500.